The number of aryl methyl sites for hydroxylation is 1. The van der Waals surface area contributed by atoms with Crippen LogP contribution < -0.4 is 5.32 Å². The Hall–Kier alpha value is -2.55. The quantitative estimate of drug-likeness (QED) is 0.609. The van der Waals surface area contributed by atoms with Gasteiger partial charge in [-0.05, 0) is 46.5 Å². The minimum atomic E-state index is -0.818. The summed E-state index contributed by atoms with van der Waals surface area (Å²) >= 11 is 12.8. The molecule has 0 aliphatic carbocycles. The van der Waals surface area contributed by atoms with Crippen LogP contribution in [0.4, 0.5) is 4.79 Å². The van der Waals surface area contributed by atoms with Crippen molar-refractivity contribution in [2.24, 2.45) is 0 Å². The van der Waals surface area contributed by atoms with Crippen molar-refractivity contribution in [2.75, 3.05) is 27.2 Å². The van der Waals surface area contributed by atoms with Gasteiger partial charge in [0.05, 0.1) is 27.2 Å². The summed E-state index contributed by atoms with van der Waals surface area (Å²) in [5.74, 6) is 0.463. The molecule has 1 aliphatic heterocycles. The highest BCUT2D eigenvalue weighted by molar-refractivity contribution is 6.42. The number of carbonyl (C=O) groups is 1. The lowest BCUT2D eigenvalue weighted by molar-refractivity contribution is 0.0685. The Morgan fingerprint density at radius 1 is 1.23 bits per heavy atom. The molecule has 1 aliphatic rings. The fraction of sp³-hybridized carbons (Fsp3) is 0.381. The van der Waals surface area contributed by atoms with E-state index >= 15 is 0 Å². The standard InChI is InChI=1S/C21H24Cl2N4O4/c1-11-16(20-25-13(3)26-31-20)17(14-7-6-8-15(22)18(14)23)19(12(2)24-11)30-21(28)29-10-9-27(4)5/h6-8,17,24H,9-10H2,1-5H3. The van der Waals surface area contributed by atoms with Gasteiger partial charge in [-0.3, -0.25) is 0 Å². The number of nitrogens with zero attached hydrogens (tertiary/aromatic N) is 3. The summed E-state index contributed by atoms with van der Waals surface area (Å²) in [6.45, 7) is 6.16. The van der Waals surface area contributed by atoms with Crippen molar-refractivity contribution < 1.29 is 18.8 Å². The van der Waals surface area contributed by atoms with Crippen LogP contribution in [-0.2, 0) is 9.47 Å². The molecule has 1 unspecified atom stereocenters. The first kappa shape index (κ1) is 23.1. The number of rotatable bonds is 6. The van der Waals surface area contributed by atoms with Crippen LogP contribution in [0, 0.1) is 6.92 Å². The van der Waals surface area contributed by atoms with Gasteiger partial charge in [-0.15, -0.1) is 0 Å². The fourth-order valence-electron chi connectivity index (χ4n) is 3.27. The van der Waals surface area contributed by atoms with Gasteiger partial charge in [0.1, 0.15) is 12.4 Å². The zero-order chi connectivity index (χ0) is 22.7. The number of allylic oxidation sites excluding steroid dienone is 3. The lowest BCUT2D eigenvalue weighted by Crippen LogP contribution is -2.27. The number of halogens is 2. The summed E-state index contributed by atoms with van der Waals surface area (Å²) in [6, 6.07) is 5.28. The van der Waals surface area contributed by atoms with E-state index in [1.165, 1.54) is 0 Å². The molecule has 0 spiro atoms. The van der Waals surface area contributed by atoms with Gasteiger partial charge in [0, 0.05) is 12.2 Å². The molecule has 0 saturated heterocycles. The van der Waals surface area contributed by atoms with Crippen molar-refractivity contribution in [1.82, 2.24) is 20.4 Å². The van der Waals surface area contributed by atoms with Crippen LogP contribution in [0.15, 0.2) is 39.9 Å². The monoisotopic (exact) mass is 466 g/mol. The summed E-state index contributed by atoms with van der Waals surface area (Å²) in [6.07, 6.45) is -0.818. The highest BCUT2D eigenvalue weighted by Gasteiger charge is 2.37. The molecule has 2 heterocycles. The highest BCUT2D eigenvalue weighted by atomic mass is 35.5. The number of carbonyl (C=O) groups excluding carboxylic acids is 1. The molecule has 1 aromatic heterocycles. The predicted octanol–water partition coefficient (Wildman–Crippen LogP) is 4.75. The molecule has 166 valence electrons. The van der Waals surface area contributed by atoms with Crippen molar-refractivity contribution in [2.45, 2.75) is 26.7 Å². The molecule has 0 radical (unpaired) electrons. The van der Waals surface area contributed by atoms with Crippen molar-refractivity contribution in [3.63, 3.8) is 0 Å². The Balaban J connectivity index is 2.04. The van der Waals surface area contributed by atoms with E-state index in [4.69, 9.17) is 37.2 Å². The van der Waals surface area contributed by atoms with Gasteiger partial charge < -0.3 is 24.2 Å². The minimum absolute atomic E-state index is 0.193. The van der Waals surface area contributed by atoms with Crippen molar-refractivity contribution in [1.29, 1.82) is 0 Å². The zero-order valence-corrected chi connectivity index (χ0v) is 19.5. The lowest BCUT2D eigenvalue weighted by atomic mass is 9.85. The molecular formula is C21H24Cl2N4O4. The third-order valence-corrected chi connectivity index (χ3v) is 5.54. The summed E-state index contributed by atoms with van der Waals surface area (Å²) in [5, 5.41) is 7.83. The topological polar surface area (TPSA) is 89.7 Å². The smallest absolute Gasteiger partial charge is 0.433 e. The van der Waals surface area contributed by atoms with Gasteiger partial charge >= 0.3 is 6.16 Å². The number of nitrogens with one attached hydrogen (secondary N) is 1. The fourth-order valence-corrected chi connectivity index (χ4v) is 3.69. The molecule has 0 saturated carbocycles. The Morgan fingerprint density at radius 3 is 2.61 bits per heavy atom. The SMILES string of the molecule is CC1=C(OC(=O)OCCN(C)C)C(c2cccc(Cl)c2Cl)C(c2nc(C)no2)=C(C)N1. The molecule has 2 aromatic rings. The number of ether oxygens (including phenoxy) is 2. The Morgan fingerprint density at radius 2 is 1.97 bits per heavy atom. The molecule has 31 heavy (non-hydrogen) atoms. The summed E-state index contributed by atoms with van der Waals surface area (Å²) < 4.78 is 16.3. The minimum Gasteiger partial charge on any atom is -0.433 e. The normalized spacial score (nSPS) is 16.6. The van der Waals surface area contributed by atoms with Gasteiger partial charge in [-0.25, -0.2) is 4.79 Å². The molecule has 0 fully saturated rings. The molecule has 1 N–H and O–H groups in total. The highest BCUT2D eigenvalue weighted by Crippen LogP contribution is 2.46. The number of aromatic nitrogens is 2. The van der Waals surface area contributed by atoms with Gasteiger partial charge in [0.15, 0.2) is 5.82 Å². The zero-order valence-electron chi connectivity index (χ0n) is 18.0. The van der Waals surface area contributed by atoms with Gasteiger partial charge in [0.2, 0.25) is 0 Å². The van der Waals surface area contributed by atoms with E-state index in [0.29, 0.717) is 45.0 Å². The van der Waals surface area contributed by atoms with Crippen LogP contribution in [0.25, 0.3) is 5.57 Å². The van der Waals surface area contributed by atoms with Crippen LogP contribution in [0.2, 0.25) is 10.0 Å². The number of likely N-dealkylation sites (N-methyl/N-ethyl adjacent to an activating group) is 1. The third kappa shape index (κ3) is 5.20. The van der Waals surface area contributed by atoms with Gasteiger partial charge in [-0.2, -0.15) is 4.98 Å². The number of hydrogen-bond acceptors (Lipinski definition) is 8. The van der Waals surface area contributed by atoms with E-state index in [1.54, 1.807) is 26.0 Å². The Kier molecular flexibility index (Phi) is 7.25. The van der Waals surface area contributed by atoms with Crippen molar-refractivity contribution >= 4 is 34.9 Å². The first-order valence-corrected chi connectivity index (χ1v) is 10.4. The van der Waals surface area contributed by atoms with Crippen LogP contribution in [-0.4, -0.2) is 48.4 Å². The average Bonchev–Trinajstić information content (AvgIpc) is 3.11. The summed E-state index contributed by atoms with van der Waals surface area (Å²) in [5.41, 5.74) is 2.65. The second kappa shape index (κ2) is 9.72. The molecule has 1 aromatic carbocycles. The molecule has 10 heteroatoms. The van der Waals surface area contributed by atoms with Gasteiger partial charge in [0.25, 0.3) is 5.89 Å². The molecule has 0 amide bonds. The van der Waals surface area contributed by atoms with Crippen LogP contribution in [0.1, 0.15) is 37.0 Å². The second-order valence-electron chi connectivity index (χ2n) is 7.38. The van der Waals surface area contributed by atoms with Crippen LogP contribution in [0.3, 0.4) is 0 Å². The summed E-state index contributed by atoms with van der Waals surface area (Å²) in [4.78, 5) is 18.7. The molecular weight excluding hydrogens is 443 g/mol. The van der Waals surface area contributed by atoms with Crippen LogP contribution >= 0.6 is 23.2 Å². The van der Waals surface area contributed by atoms with E-state index in [2.05, 4.69) is 15.5 Å². The number of hydrogen-bond donors (Lipinski definition) is 1. The van der Waals surface area contributed by atoms with Crippen LogP contribution in [0.5, 0.6) is 0 Å². The molecule has 1 atom stereocenters. The predicted molar refractivity (Wildman–Crippen MR) is 118 cm³/mol. The average molecular weight is 467 g/mol. The molecule has 8 nitrogen and oxygen atoms in total. The Bertz CT molecular complexity index is 1050. The third-order valence-electron chi connectivity index (χ3n) is 4.70. The second-order valence-corrected chi connectivity index (χ2v) is 8.16. The maximum atomic E-state index is 12.4. The van der Waals surface area contributed by atoms with E-state index in [1.807, 2.05) is 32.0 Å². The van der Waals surface area contributed by atoms with E-state index < -0.39 is 12.1 Å². The van der Waals surface area contributed by atoms with E-state index in [9.17, 15) is 4.79 Å². The largest absolute Gasteiger partial charge is 0.513 e. The van der Waals surface area contributed by atoms with Crippen molar-refractivity contribution in [3.05, 3.63) is 62.7 Å². The maximum Gasteiger partial charge on any atom is 0.513 e. The number of benzene rings is 1. The van der Waals surface area contributed by atoms with Gasteiger partial charge in [-0.1, -0.05) is 40.5 Å². The van der Waals surface area contributed by atoms with E-state index in [-0.39, 0.29) is 12.5 Å². The maximum absolute atomic E-state index is 12.4. The molecule has 3 rings (SSSR count). The first-order valence-electron chi connectivity index (χ1n) is 9.61. The Labute approximate surface area is 190 Å². The number of dihydropyridines is 1. The lowest BCUT2D eigenvalue weighted by Gasteiger charge is -2.30. The van der Waals surface area contributed by atoms with Crippen molar-refractivity contribution in [3.8, 4) is 0 Å². The first-order chi connectivity index (χ1) is 14.7. The van der Waals surface area contributed by atoms with E-state index in [0.717, 1.165) is 5.70 Å². The summed E-state index contributed by atoms with van der Waals surface area (Å²) in [7, 11) is 3.77. The molecule has 0 bridgehead atoms.